The van der Waals surface area contributed by atoms with E-state index in [9.17, 15) is 9.59 Å². The number of carbonyl (C=O) groups is 2. The van der Waals surface area contributed by atoms with E-state index in [1.54, 1.807) is 37.4 Å². The van der Waals surface area contributed by atoms with Gasteiger partial charge in [0.2, 0.25) is 5.91 Å². The molecule has 1 aromatic heterocycles. The Labute approximate surface area is 111 Å². The maximum atomic E-state index is 11.8. The van der Waals surface area contributed by atoms with E-state index in [4.69, 9.17) is 0 Å². The second-order valence-corrected chi connectivity index (χ2v) is 5.69. The van der Waals surface area contributed by atoms with Crippen LogP contribution in [0.5, 0.6) is 0 Å². The van der Waals surface area contributed by atoms with Crippen molar-refractivity contribution >= 4 is 23.3 Å². The SMILES string of the molecule is Cc1ccc(CN(C)C(=O)CNC(=O)N(C)C)s1. The lowest BCUT2D eigenvalue weighted by atomic mass is 10.4. The number of nitrogens with zero attached hydrogens (tertiary/aromatic N) is 2. The number of thiophene rings is 1. The van der Waals surface area contributed by atoms with Crippen LogP contribution in [0.25, 0.3) is 0 Å². The first-order valence-corrected chi connectivity index (χ1v) is 6.46. The van der Waals surface area contributed by atoms with Gasteiger partial charge in [-0.3, -0.25) is 4.79 Å². The van der Waals surface area contributed by atoms with Crippen molar-refractivity contribution in [2.75, 3.05) is 27.7 Å². The summed E-state index contributed by atoms with van der Waals surface area (Å²) in [5, 5.41) is 2.55. The zero-order valence-corrected chi connectivity index (χ0v) is 12.0. The van der Waals surface area contributed by atoms with Crippen molar-refractivity contribution in [3.05, 3.63) is 21.9 Å². The second-order valence-electron chi connectivity index (χ2n) is 4.32. The van der Waals surface area contributed by atoms with E-state index in [0.717, 1.165) is 4.88 Å². The number of rotatable bonds is 4. The number of aryl methyl sites for hydroxylation is 1. The van der Waals surface area contributed by atoms with E-state index in [0.29, 0.717) is 6.54 Å². The van der Waals surface area contributed by atoms with Gasteiger partial charge in [0.05, 0.1) is 13.1 Å². The van der Waals surface area contributed by atoms with Gasteiger partial charge < -0.3 is 15.1 Å². The van der Waals surface area contributed by atoms with Gasteiger partial charge in [-0.2, -0.15) is 0 Å². The van der Waals surface area contributed by atoms with E-state index in [-0.39, 0.29) is 18.5 Å². The molecule has 1 heterocycles. The van der Waals surface area contributed by atoms with Crippen molar-refractivity contribution in [3.8, 4) is 0 Å². The molecule has 0 bridgehead atoms. The fourth-order valence-corrected chi connectivity index (χ4v) is 2.28. The van der Waals surface area contributed by atoms with Crippen LogP contribution >= 0.6 is 11.3 Å². The Balaban J connectivity index is 2.40. The molecule has 0 saturated carbocycles. The molecule has 100 valence electrons. The third-order valence-corrected chi connectivity index (χ3v) is 3.40. The largest absolute Gasteiger partial charge is 0.339 e. The Kier molecular flexibility index (Phi) is 5.15. The third-order valence-electron chi connectivity index (χ3n) is 2.41. The summed E-state index contributed by atoms with van der Waals surface area (Å²) in [6.07, 6.45) is 0. The van der Waals surface area contributed by atoms with Gasteiger partial charge in [-0.15, -0.1) is 11.3 Å². The predicted octanol–water partition coefficient (Wildman–Crippen LogP) is 1.29. The normalized spacial score (nSPS) is 10.0. The molecule has 0 atom stereocenters. The van der Waals surface area contributed by atoms with Crippen molar-refractivity contribution in [2.24, 2.45) is 0 Å². The van der Waals surface area contributed by atoms with Crippen LogP contribution in [0.1, 0.15) is 9.75 Å². The summed E-state index contributed by atoms with van der Waals surface area (Å²) >= 11 is 1.67. The molecule has 0 unspecified atom stereocenters. The van der Waals surface area contributed by atoms with Crippen molar-refractivity contribution in [2.45, 2.75) is 13.5 Å². The van der Waals surface area contributed by atoms with E-state index in [1.165, 1.54) is 9.78 Å². The molecule has 0 fully saturated rings. The van der Waals surface area contributed by atoms with Crippen LogP contribution in [-0.4, -0.2) is 49.4 Å². The van der Waals surface area contributed by atoms with Gasteiger partial charge in [0.25, 0.3) is 0 Å². The van der Waals surface area contributed by atoms with Crippen LogP contribution in [0.3, 0.4) is 0 Å². The maximum Gasteiger partial charge on any atom is 0.317 e. The van der Waals surface area contributed by atoms with Gasteiger partial charge in [-0.05, 0) is 19.1 Å². The van der Waals surface area contributed by atoms with Crippen LogP contribution in [0, 0.1) is 6.92 Å². The molecule has 1 N–H and O–H groups in total. The molecule has 1 aromatic rings. The average Bonchev–Trinajstić information content (AvgIpc) is 2.70. The molecule has 5 nitrogen and oxygen atoms in total. The molecular formula is C12H19N3O2S. The fourth-order valence-electron chi connectivity index (χ4n) is 1.34. The fraction of sp³-hybridized carbons (Fsp3) is 0.500. The van der Waals surface area contributed by atoms with Crippen molar-refractivity contribution < 1.29 is 9.59 Å². The Bertz CT molecular complexity index is 429. The number of urea groups is 1. The molecule has 18 heavy (non-hydrogen) atoms. The molecule has 6 heteroatoms. The molecule has 0 aliphatic heterocycles. The minimum absolute atomic E-state index is 0.0257. The zero-order valence-electron chi connectivity index (χ0n) is 11.2. The number of likely N-dealkylation sites (N-methyl/N-ethyl adjacent to an activating group) is 1. The number of carbonyl (C=O) groups excluding carboxylic acids is 2. The first-order valence-electron chi connectivity index (χ1n) is 5.64. The summed E-state index contributed by atoms with van der Waals surface area (Å²) in [7, 11) is 5.01. The highest BCUT2D eigenvalue weighted by Crippen LogP contribution is 2.16. The smallest absolute Gasteiger partial charge is 0.317 e. The lowest BCUT2D eigenvalue weighted by Gasteiger charge is -2.18. The summed E-state index contributed by atoms with van der Waals surface area (Å²) < 4.78 is 0. The Hall–Kier alpha value is -1.56. The minimum Gasteiger partial charge on any atom is -0.339 e. The topological polar surface area (TPSA) is 52.7 Å². The summed E-state index contributed by atoms with van der Waals surface area (Å²) in [5.41, 5.74) is 0. The van der Waals surface area contributed by atoms with Crippen molar-refractivity contribution in [1.29, 1.82) is 0 Å². The van der Waals surface area contributed by atoms with Gasteiger partial charge in [0.1, 0.15) is 0 Å². The molecule has 0 saturated heterocycles. The Morgan fingerprint density at radius 1 is 1.28 bits per heavy atom. The Morgan fingerprint density at radius 2 is 1.94 bits per heavy atom. The van der Waals surface area contributed by atoms with Crippen molar-refractivity contribution in [1.82, 2.24) is 15.1 Å². The monoisotopic (exact) mass is 269 g/mol. The average molecular weight is 269 g/mol. The summed E-state index contributed by atoms with van der Waals surface area (Å²) in [6, 6.07) is 3.79. The predicted molar refractivity (Wildman–Crippen MR) is 72.6 cm³/mol. The summed E-state index contributed by atoms with van der Waals surface area (Å²) in [6.45, 7) is 2.64. The highest BCUT2D eigenvalue weighted by molar-refractivity contribution is 7.11. The number of amides is 3. The van der Waals surface area contributed by atoms with Crippen LogP contribution in [0.15, 0.2) is 12.1 Å². The van der Waals surface area contributed by atoms with E-state index in [1.807, 2.05) is 19.1 Å². The first-order chi connectivity index (χ1) is 8.40. The van der Waals surface area contributed by atoms with Gasteiger partial charge in [0, 0.05) is 30.9 Å². The standard InChI is InChI=1S/C12H19N3O2S/c1-9-5-6-10(18-9)8-15(4)11(16)7-13-12(17)14(2)3/h5-6H,7-8H2,1-4H3,(H,13,17). The van der Waals surface area contributed by atoms with E-state index in [2.05, 4.69) is 5.32 Å². The van der Waals surface area contributed by atoms with E-state index < -0.39 is 0 Å². The quantitative estimate of drug-likeness (QED) is 0.895. The lowest BCUT2D eigenvalue weighted by molar-refractivity contribution is -0.129. The van der Waals surface area contributed by atoms with Gasteiger partial charge in [-0.1, -0.05) is 0 Å². The van der Waals surface area contributed by atoms with Crippen LogP contribution in [0.4, 0.5) is 4.79 Å². The second kappa shape index (κ2) is 6.39. The zero-order chi connectivity index (χ0) is 13.7. The van der Waals surface area contributed by atoms with Gasteiger partial charge in [0.15, 0.2) is 0 Å². The minimum atomic E-state index is -0.260. The van der Waals surface area contributed by atoms with Gasteiger partial charge >= 0.3 is 6.03 Å². The third kappa shape index (κ3) is 4.37. The number of hydrogen-bond acceptors (Lipinski definition) is 3. The molecule has 3 amide bonds. The van der Waals surface area contributed by atoms with E-state index >= 15 is 0 Å². The Morgan fingerprint density at radius 3 is 2.44 bits per heavy atom. The highest BCUT2D eigenvalue weighted by atomic mass is 32.1. The van der Waals surface area contributed by atoms with Gasteiger partial charge in [-0.25, -0.2) is 4.79 Å². The molecule has 0 aliphatic carbocycles. The van der Waals surface area contributed by atoms with Crippen LogP contribution < -0.4 is 5.32 Å². The summed E-state index contributed by atoms with van der Waals surface area (Å²) in [5.74, 6) is -0.101. The molecule has 0 radical (unpaired) electrons. The van der Waals surface area contributed by atoms with Crippen LogP contribution in [0.2, 0.25) is 0 Å². The molecular weight excluding hydrogens is 250 g/mol. The van der Waals surface area contributed by atoms with Crippen LogP contribution in [-0.2, 0) is 11.3 Å². The summed E-state index contributed by atoms with van der Waals surface area (Å²) in [4.78, 5) is 28.4. The lowest BCUT2D eigenvalue weighted by Crippen LogP contribution is -2.41. The number of nitrogens with one attached hydrogen (secondary N) is 1. The molecule has 0 aromatic carbocycles. The maximum absolute atomic E-state index is 11.8. The highest BCUT2D eigenvalue weighted by Gasteiger charge is 2.12. The first kappa shape index (κ1) is 14.5. The molecule has 0 aliphatic rings. The van der Waals surface area contributed by atoms with Crippen molar-refractivity contribution in [3.63, 3.8) is 0 Å². The number of hydrogen-bond donors (Lipinski definition) is 1. The molecule has 0 spiro atoms. The molecule has 1 rings (SSSR count).